The lowest BCUT2D eigenvalue weighted by atomic mass is 9.88. The molecule has 122 valence electrons. The molecule has 2 aliphatic rings. The summed E-state index contributed by atoms with van der Waals surface area (Å²) in [6.45, 7) is 2.20. The van der Waals surface area contributed by atoms with Crippen LogP contribution in [0.15, 0.2) is 66.7 Å². The Bertz CT molecular complexity index is 1100. The van der Waals surface area contributed by atoms with Crippen LogP contribution in [0.5, 0.6) is 0 Å². The zero-order valence-corrected chi connectivity index (χ0v) is 14.7. The average Bonchev–Trinajstić information content (AvgIpc) is 2.63. The molecule has 0 saturated carbocycles. The Labute approximate surface area is 149 Å². The van der Waals surface area contributed by atoms with Gasteiger partial charge >= 0.3 is 0 Å². The van der Waals surface area contributed by atoms with Gasteiger partial charge in [0.2, 0.25) is 0 Å². The molecule has 0 amide bonds. The summed E-state index contributed by atoms with van der Waals surface area (Å²) in [6.07, 6.45) is 4.40. The molecule has 0 N–H and O–H groups in total. The molecule has 6 rings (SSSR count). The van der Waals surface area contributed by atoms with E-state index in [1.54, 1.807) is 0 Å². The number of hydrogen-bond acceptors (Lipinski definition) is 0. The molecule has 0 aliphatic heterocycles. The van der Waals surface area contributed by atoms with Gasteiger partial charge in [-0.3, -0.25) is 0 Å². The van der Waals surface area contributed by atoms with E-state index in [2.05, 4.69) is 73.7 Å². The van der Waals surface area contributed by atoms with Crippen molar-refractivity contribution in [1.82, 2.24) is 0 Å². The van der Waals surface area contributed by atoms with Gasteiger partial charge in [-0.1, -0.05) is 72.3 Å². The van der Waals surface area contributed by atoms with E-state index in [1.165, 1.54) is 49.4 Å². The lowest BCUT2D eigenvalue weighted by molar-refractivity contribution is 0.947. The van der Waals surface area contributed by atoms with Gasteiger partial charge in [0.15, 0.2) is 0 Å². The smallest absolute Gasteiger partial charge is 0.0146 e. The van der Waals surface area contributed by atoms with Crippen LogP contribution in [0.1, 0.15) is 27.8 Å². The normalized spacial score (nSPS) is 14.0. The molecule has 4 aromatic rings. The molecular formula is C25H22. The van der Waals surface area contributed by atoms with Gasteiger partial charge in [0.25, 0.3) is 0 Å². The molecule has 25 heavy (non-hydrogen) atoms. The third-order valence-electron chi connectivity index (χ3n) is 5.78. The highest BCUT2D eigenvalue weighted by Crippen LogP contribution is 2.30. The molecule has 4 bridgehead atoms. The Balaban J connectivity index is 1.75. The van der Waals surface area contributed by atoms with E-state index in [-0.39, 0.29) is 0 Å². The van der Waals surface area contributed by atoms with Crippen molar-refractivity contribution in [2.75, 3.05) is 0 Å². The molecule has 0 heterocycles. The Morgan fingerprint density at radius 2 is 0.920 bits per heavy atom. The standard InChI is InChI=1S/C25H22/c1-17-6-15-24-20-10-9-18-7-8-19(23-5-3-2-4-22(18)23)11-13-21(14-12-20)25(24)16-17/h2-8,12,14-16H,9-11,13H2,1H3. The molecule has 0 heteroatoms. The molecular weight excluding hydrogens is 300 g/mol. The monoisotopic (exact) mass is 322 g/mol. The second-order valence-electron chi connectivity index (χ2n) is 7.36. The number of hydrogen-bond donors (Lipinski definition) is 0. The van der Waals surface area contributed by atoms with Crippen molar-refractivity contribution in [3.05, 3.63) is 94.5 Å². The molecule has 2 aliphatic carbocycles. The summed E-state index contributed by atoms with van der Waals surface area (Å²) in [5.41, 5.74) is 7.27. The van der Waals surface area contributed by atoms with Crippen molar-refractivity contribution < 1.29 is 0 Å². The summed E-state index contributed by atoms with van der Waals surface area (Å²) in [4.78, 5) is 0. The molecule has 0 atom stereocenters. The summed E-state index contributed by atoms with van der Waals surface area (Å²) < 4.78 is 0. The van der Waals surface area contributed by atoms with Crippen molar-refractivity contribution in [1.29, 1.82) is 0 Å². The molecule has 0 radical (unpaired) electrons. The van der Waals surface area contributed by atoms with Gasteiger partial charge in [-0.15, -0.1) is 0 Å². The van der Waals surface area contributed by atoms with E-state index in [0.717, 1.165) is 25.7 Å². The molecule has 0 aromatic heterocycles. The van der Waals surface area contributed by atoms with Crippen LogP contribution in [0, 0.1) is 6.92 Å². The SMILES string of the molecule is Cc1ccc2c3ccc(c2c1)CCc1ccc(c2ccccc12)CC3. The molecule has 0 fully saturated rings. The quantitative estimate of drug-likeness (QED) is 0.362. The van der Waals surface area contributed by atoms with Crippen LogP contribution >= 0.6 is 0 Å². The number of benzene rings is 4. The van der Waals surface area contributed by atoms with Gasteiger partial charge in [-0.25, -0.2) is 0 Å². The van der Waals surface area contributed by atoms with Gasteiger partial charge in [0.05, 0.1) is 0 Å². The number of aryl methyl sites for hydroxylation is 5. The van der Waals surface area contributed by atoms with Gasteiger partial charge in [-0.05, 0) is 76.4 Å². The Kier molecular flexibility index (Phi) is 3.38. The van der Waals surface area contributed by atoms with Crippen LogP contribution in [-0.2, 0) is 25.7 Å². The fraction of sp³-hybridized carbons (Fsp3) is 0.200. The van der Waals surface area contributed by atoms with Gasteiger partial charge in [0, 0.05) is 0 Å². The largest absolute Gasteiger partial charge is 0.0616 e. The van der Waals surface area contributed by atoms with Crippen LogP contribution in [0.25, 0.3) is 21.5 Å². The predicted molar refractivity (Wildman–Crippen MR) is 107 cm³/mol. The third-order valence-corrected chi connectivity index (χ3v) is 5.78. The summed E-state index contributed by atoms with van der Waals surface area (Å²) in [6, 6.07) is 25.3. The van der Waals surface area contributed by atoms with E-state index in [4.69, 9.17) is 0 Å². The van der Waals surface area contributed by atoms with Crippen molar-refractivity contribution in [2.45, 2.75) is 32.6 Å². The van der Waals surface area contributed by atoms with E-state index in [0.29, 0.717) is 0 Å². The summed E-state index contributed by atoms with van der Waals surface area (Å²) in [5.74, 6) is 0. The average molecular weight is 322 g/mol. The van der Waals surface area contributed by atoms with Gasteiger partial charge < -0.3 is 0 Å². The highest BCUT2D eigenvalue weighted by Gasteiger charge is 2.12. The van der Waals surface area contributed by atoms with Crippen molar-refractivity contribution in [3.8, 4) is 0 Å². The zero-order valence-electron chi connectivity index (χ0n) is 14.7. The third kappa shape index (κ3) is 2.44. The number of fused-ring (bicyclic) bond motifs is 4. The van der Waals surface area contributed by atoms with Crippen LogP contribution in [0.2, 0.25) is 0 Å². The highest BCUT2D eigenvalue weighted by molar-refractivity contribution is 5.91. The maximum atomic E-state index is 2.37. The topological polar surface area (TPSA) is 0 Å². The lowest BCUT2D eigenvalue weighted by Gasteiger charge is -2.17. The number of rotatable bonds is 0. The van der Waals surface area contributed by atoms with Crippen LogP contribution < -0.4 is 0 Å². The minimum Gasteiger partial charge on any atom is -0.0616 e. The second kappa shape index (κ2) is 5.74. The van der Waals surface area contributed by atoms with Crippen molar-refractivity contribution in [3.63, 3.8) is 0 Å². The Hall–Kier alpha value is -2.60. The first-order valence-electron chi connectivity index (χ1n) is 9.30. The zero-order chi connectivity index (χ0) is 16.8. The first-order valence-corrected chi connectivity index (χ1v) is 9.30. The van der Waals surface area contributed by atoms with Gasteiger partial charge in [0.1, 0.15) is 0 Å². The Morgan fingerprint density at radius 1 is 0.480 bits per heavy atom. The molecule has 0 nitrogen and oxygen atoms in total. The first kappa shape index (κ1) is 14.7. The molecule has 0 spiro atoms. The molecule has 0 saturated heterocycles. The van der Waals surface area contributed by atoms with E-state index in [9.17, 15) is 0 Å². The summed E-state index contributed by atoms with van der Waals surface area (Å²) >= 11 is 0. The van der Waals surface area contributed by atoms with E-state index < -0.39 is 0 Å². The first-order chi connectivity index (χ1) is 12.3. The fourth-order valence-electron chi connectivity index (χ4n) is 4.42. The van der Waals surface area contributed by atoms with Crippen molar-refractivity contribution >= 4 is 21.5 Å². The Morgan fingerprint density at radius 3 is 1.44 bits per heavy atom. The summed E-state index contributed by atoms with van der Waals surface area (Å²) in [5, 5.41) is 5.78. The maximum Gasteiger partial charge on any atom is -0.0146 e. The van der Waals surface area contributed by atoms with Crippen LogP contribution in [0.4, 0.5) is 0 Å². The predicted octanol–water partition coefficient (Wildman–Crippen LogP) is 6.19. The summed E-state index contributed by atoms with van der Waals surface area (Å²) in [7, 11) is 0. The minimum atomic E-state index is 1.10. The highest BCUT2D eigenvalue weighted by atomic mass is 14.2. The van der Waals surface area contributed by atoms with E-state index in [1.807, 2.05) is 0 Å². The minimum absolute atomic E-state index is 1.10. The molecule has 0 unspecified atom stereocenters. The lowest BCUT2D eigenvalue weighted by Crippen LogP contribution is -2.01. The second-order valence-corrected chi connectivity index (χ2v) is 7.36. The van der Waals surface area contributed by atoms with Crippen LogP contribution in [0.3, 0.4) is 0 Å². The van der Waals surface area contributed by atoms with Gasteiger partial charge in [-0.2, -0.15) is 0 Å². The fourth-order valence-corrected chi connectivity index (χ4v) is 4.42. The van der Waals surface area contributed by atoms with Crippen LogP contribution in [-0.4, -0.2) is 0 Å². The van der Waals surface area contributed by atoms with Crippen molar-refractivity contribution in [2.24, 2.45) is 0 Å². The molecule has 4 aromatic carbocycles. The van der Waals surface area contributed by atoms with E-state index >= 15 is 0 Å². The maximum absolute atomic E-state index is 2.37.